The highest BCUT2D eigenvalue weighted by Gasteiger charge is 2.11. The largest absolute Gasteiger partial charge is 0.364 e. The van der Waals surface area contributed by atoms with Gasteiger partial charge in [-0.15, -0.1) is 0 Å². The number of rotatable bonds is 9. The maximum Gasteiger partial charge on any atom is 0.257 e. The Morgan fingerprint density at radius 1 is 1.37 bits per heavy atom. The zero-order chi connectivity index (χ0) is 21.5. The average Bonchev–Trinajstić information content (AvgIpc) is 3.35. The Morgan fingerprint density at radius 2 is 2.20 bits per heavy atom. The van der Waals surface area contributed by atoms with E-state index in [1.54, 1.807) is 18.5 Å². The number of nitrogens with zero attached hydrogens (tertiary/aromatic N) is 6. The lowest BCUT2D eigenvalue weighted by molar-refractivity contribution is 0.0901. The molecule has 0 aliphatic carbocycles. The van der Waals surface area contributed by atoms with Crippen LogP contribution in [0, 0.1) is 18.3 Å². The number of alkyl halides is 2. The smallest absolute Gasteiger partial charge is 0.257 e. The number of hydrogen-bond donors (Lipinski definition) is 2. The number of carbonyl (C=O) groups is 1. The Labute approximate surface area is 171 Å². The Hall–Kier alpha value is -3.81. The summed E-state index contributed by atoms with van der Waals surface area (Å²) in [7, 11) is 0. The molecule has 0 saturated heterocycles. The van der Waals surface area contributed by atoms with E-state index in [0.29, 0.717) is 18.1 Å². The van der Waals surface area contributed by atoms with Gasteiger partial charge in [0.15, 0.2) is 0 Å². The quantitative estimate of drug-likeness (QED) is 0.552. The lowest BCUT2D eigenvalue weighted by Crippen LogP contribution is -2.15. The van der Waals surface area contributed by atoms with Gasteiger partial charge >= 0.3 is 0 Å². The van der Waals surface area contributed by atoms with Gasteiger partial charge in [-0.1, -0.05) is 0 Å². The SMILES string of the molecule is Cc1cnc(Nc2cnn(CC(F)F)c2)nc1NCc1cccn1C(=O)CCC#N. The summed E-state index contributed by atoms with van der Waals surface area (Å²) in [6.45, 7) is 1.69. The zero-order valence-corrected chi connectivity index (χ0v) is 16.2. The number of carbonyl (C=O) groups excluding carboxylic acids is 1. The highest BCUT2D eigenvalue weighted by Crippen LogP contribution is 2.18. The van der Waals surface area contributed by atoms with Crippen LogP contribution < -0.4 is 10.6 Å². The summed E-state index contributed by atoms with van der Waals surface area (Å²) >= 11 is 0. The predicted molar refractivity (Wildman–Crippen MR) is 106 cm³/mol. The Kier molecular flexibility index (Phi) is 6.69. The lowest BCUT2D eigenvalue weighted by Gasteiger charge is -2.12. The molecule has 30 heavy (non-hydrogen) atoms. The summed E-state index contributed by atoms with van der Waals surface area (Å²) in [5.41, 5.74) is 2.02. The van der Waals surface area contributed by atoms with Crippen molar-refractivity contribution in [1.82, 2.24) is 24.3 Å². The number of aromatic nitrogens is 5. The van der Waals surface area contributed by atoms with E-state index in [1.807, 2.05) is 19.1 Å². The minimum Gasteiger partial charge on any atom is -0.364 e. The van der Waals surface area contributed by atoms with Crippen molar-refractivity contribution in [1.29, 1.82) is 5.26 Å². The molecule has 3 aromatic heterocycles. The molecular formula is C19H20F2N8O. The first-order valence-electron chi connectivity index (χ1n) is 9.18. The van der Waals surface area contributed by atoms with Gasteiger partial charge in [-0.3, -0.25) is 14.0 Å². The summed E-state index contributed by atoms with van der Waals surface area (Å²) in [5.74, 6) is 0.686. The average molecular weight is 414 g/mol. The van der Waals surface area contributed by atoms with E-state index in [4.69, 9.17) is 5.26 Å². The molecule has 3 heterocycles. The number of hydrogen-bond acceptors (Lipinski definition) is 7. The summed E-state index contributed by atoms with van der Waals surface area (Å²) in [6.07, 6.45) is 3.97. The molecule has 3 aromatic rings. The standard InChI is InChI=1S/C19H20F2N8O/c1-13-8-24-19(26-14-9-25-28(11-14)12-16(20)21)27-18(13)23-10-15-4-3-7-29(15)17(30)5-2-6-22/h3-4,7-9,11,16H,2,5,10,12H2,1H3,(H2,23,24,26,27). The number of halogens is 2. The zero-order valence-electron chi connectivity index (χ0n) is 16.2. The van der Waals surface area contributed by atoms with Crippen LogP contribution in [0.1, 0.15) is 28.9 Å². The number of aryl methyl sites for hydroxylation is 1. The van der Waals surface area contributed by atoms with Gasteiger partial charge < -0.3 is 10.6 Å². The third-order valence-electron chi connectivity index (χ3n) is 4.18. The molecule has 0 unspecified atom stereocenters. The van der Waals surface area contributed by atoms with Crippen molar-refractivity contribution >= 4 is 23.4 Å². The molecule has 0 atom stereocenters. The minimum atomic E-state index is -2.49. The van der Waals surface area contributed by atoms with Gasteiger partial charge in [0.25, 0.3) is 6.43 Å². The third kappa shape index (κ3) is 5.38. The van der Waals surface area contributed by atoms with Crippen LogP contribution in [0.2, 0.25) is 0 Å². The number of anilines is 3. The van der Waals surface area contributed by atoms with E-state index in [9.17, 15) is 13.6 Å². The first kappa shape index (κ1) is 20.9. The van der Waals surface area contributed by atoms with Crippen LogP contribution in [0.25, 0.3) is 0 Å². The van der Waals surface area contributed by atoms with Crippen molar-refractivity contribution < 1.29 is 13.6 Å². The van der Waals surface area contributed by atoms with Crippen LogP contribution in [0.15, 0.2) is 36.9 Å². The molecule has 0 amide bonds. The van der Waals surface area contributed by atoms with E-state index in [0.717, 1.165) is 15.9 Å². The normalized spacial score (nSPS) is 10.8. The molecule has 0 saturated carbocycles. The van der Waals surface area contributed by atoms with Crippen molar-refractivity contribution in [3.63, 3.8) is 0 Å². The molecule has 9 nitrogen and oxygen atoms in total. The van der Waals surface area contributed by atoms with E-state index < -0.39 is 13.0 Å². The van der Waals surface area contributed by atoms with E-state index in [1.165, 1.54) is 17.0 Å². The van der Waals surface area contributed by atoms with E-state index in [2.05, 4.69) is 25.7 Å². The number of nitrogens with one attached hydrogen (secondary N) is 2. The van der Waals surface area contributed by atoms with Crippen LogP contribution in [0.5, 0.6) is 0 Å². The molecule has 0 spiro atoms. The monoisotopic (exact) mass is 414 g/mol. The summed E-state index contributed by atoms with van der Waals surface area (Å²) in [4.78, 5) is 20.8. The lowest BCUT2D eigenvalue weighted by atomic mass is 10.3. The first-order valence-corrected chi connectivity index (χ1v) is 9.18. The summed E-state index contributed by atoms with van der Waals surface area (Å²) in [5, 5.41) is 18.6. The van der Waals surface area contributed by atoms with Crippen molar-refractivity contribution in [3.05, 3.63) is 48.2 Å². The second-order valence-corrected chi connectivity index (χ2v) is 6.47. The van der Waals surface area contributed by atoms with Crippen molar-refractivity contribution in [2.75, 3.05) is 10.6 Å². The molecular weight excluding hydrogens is 394 g/mol. The third-order valence-corrected chi connectivity index (χ3v) is 4.18. The van der Waals surface area contributed by atoms with Gasteiger partial charge in [0.1, 0.15) is 12.4 Å². The van der Waals surface area contributed by atoms with Gasteiger partial charge in [0.05, 0.1) is 24.5 Å². The highest BCUT2D eigenvalue weighted by molar-refractivity contribution is 5.80. The van der Waals surface area contributed by atoms with E-state index >= 15 is 0 Å². The Bertz CT molecular complexity index is 1050. The summed E-state index contributed by atoms with van der Waals surface area (Å²) in [6, 6.07) is 5.54. The summed E-state index contributed by atoms with van der Waals surface area (Å²) < 4.78 is 27.5. The fourth-order valence-corrected chi connectivity index (χ4v) is 2.74. The van der Waals surface area contributed by atoms with Gasteiger partial charge in [0.2, 0.25) is 11.9 Å². The van der Waals surface area contributed by atoms with Crippen LogP contribution in [-0.2, 0) is 13.1 Å². The minimum absolute atomic E-state index is 0.151. The molecule has 3 rings (SSSR count). The molecule has 0 radical (unpaired) electrons. The molecule has 0 aliphatic heterocycles. The molecule has 0 aliphatic rings. The second-order valence-electron chi connectivity index (χ2n) is 6.47. The van der Waals surface area contributed by atoms with Gasteiger partial charge in [-0.25, -0.2) is 13.8 Å². The second kappa shape index (κ2) is 9.60. The predicted octanol–water partition coefficient (Wildman–Crippen LogP) is 3.35. The first-order chi connectivity index (χ1) is 14.5. The Morgan fingerprint density at radius 3 is 2.97 bits per heavy atom. The molecule has 11 heteroatoms. The Balaban J connectivity index is 1.67. The van der Waals surface area contributed by atoms with Crippen LogP contribution in [-0.4, -0.2) is 36.6 Å². The topological polar surface area (TPSA) is 113 Å². The van der Waals surface area contributed by atoms with Gasteiger partial charge in [0, 0.05) is 42.7 Å². The maximum atomic E-state index is 12.4. The maximum absolute atomic E-state index is 12.4. The van der Waals surface area contributed by atoms with Crippen molar-refractivity contribution in [3.8, 4) is 6.07 Å². The van der Waals surface area contributed by atoms with Crippen molar-refractivity contribution in [2.45, 2.75) is 39.3 Å². The molecule has 0 bridgehead atoms. The molecule has 0 fully saturated rings. The van der Waals surface area contributed by atoms with E-state index in [-0.39, 0.29) is 24.7 Å². The van der Waals surface area contributed by atoms with Gasteiger partial charge in [-0.05, 0) is 19.1 Å². The van der Waals surface area contributed by atoms with Crippen LogP contribution >= 0.6 is 0 Å². The van der Waals surface area contributed by atoms with Gasteiger partial charge in [-0.2, -0.15) is 15.3 Å². The van der Waals surface area contributed by atoms with Crippen LogP contribution in [0.3, 0.4) is 0 Å². The molecule has 0 aromatic carbocycles. The number of nitriles is 1. The fourth-order valence-electron chi connectivity index (χ4n) is 2.74. The fraction of sp³-hybridized carbons (Fsp3) is 0.316. The van der Waals surface area contributed by atoms with Crippen LogP contribution in [0.4, 0.5) is 26.2 Å². The molecule has 2 N–H and O–H groups in total. The highest BCUT2D eigenvalue weighted by atomic mass is 19.3. The van der Waals surface area contributed by atoms with Crippen molar-refractivity contribution in [2.24, 2.45) is 0 Å². The molecule has 156 valence electrons.